The van der Waals surface area contributed by atoms with Crippen LogP contribution in [0.15, 0.2) is 91.0 Å². The fourth-order valence-corrected chi connectivity index (χ4v) is 13.1. The van der Waals surface area contributed by atoms with Gasteiger partial charge in [-0.25, -0.2) is 0 Å². The van der Waals surface area contributed by atoms with Crippen LogP contribution in [0.4, 0.5) is 0 Å². The van der Waals surface area contributed by atoms with Crippen molar-refractivity contribution in [1.82, 2.24) is 65.8 Å². The Kier molecular flexibility index (Phi) is 36.6. The van der Waals surface area contributed by atoms with Gasteiger partial charge < -0.3 is 81.4 Å². The van der Waals surface area contributed by atoms with E-state index < -0.39 is 162 Å². The summed E-state index contributed by atoms with van der Waals surface area (Å²) in [6.07, 6.45) is 1.79. The molecule has 8 N–H and O–H groups in total. The zero-order valence-electron chi connectivity index (χ0n) is 67.4. The first-order valence-corrected chi connectivity index (χ1v) is 37.9. The summed E-state index contributed by atoms with van der Waals surface area (Å²) >= 11 is 0. The molecular formula is C80H122N14O15. The van der Waals surface area contributed by atoms with Crippen molar-refractivity contribution < 1.29 is 72.2 Å². The average molecular weight is 1520 g/mol. The minimum atomic E-state index is -1.87. The molecule has 0 unspecified atom stereocenters. The molecular weight excluding hydrogens is 1400 g/mol. The molecule has 3 aromatic rings. The van der Waals surface area contributed by atoms with Crippen LogP contribution in [-0.2, 0) is 86.4 Å². The maximum absolute atomic E-state index is 15.2. The monoisotopic (exact) mass is 1520 g/mol. The largest absolute Gasteiger partial charge is 0.391 e. The highest BCUT2D eigenvalue weighted by molar-refractivity contribution is 6.03. The maximum atomic E-state index is 15.2. The molecule has 0 spiro atoms. The van der Waals surface area contributed by atoms with Gasteiger partial charge in [0, 0.05) is 81.7 Å². The molecule has 1 aliphatic rings. The Labute approximate surface area is 643 Å². The third kappa shape index (κ3) is 26.3. The van der Waals surface area contributed by atoms with E-state index in [0.29, 0.717) is 36.2 Å². The molecule has 602 valence electrons. The van der Waals surface area contributed by atoms with Crippen molar-refractivity contribution in [3.8, 4) is 0 Å². The minimum Gasteiger partial charge on any atom is -0.391 e. The second-order valence-corrected chi connectivity index (χ2v) is 30.4. The van der Waals surface area contributed by atoms with Gasteiger partial charge in [-0.05, 0) is 100 Å². The molecule has 3 aromatic carbocycles. The van der Waals surface area contributed by atoms with Crippen LogP contribution in [0.3, 0.4) is 0 Å². The van der Waals surface area contributed by atoms with Crippen molar-refractivity contribution in [2.24, 2.45) is 29.4 Å². The number of likely N-dealkylation sites (N-methyl/N-ethyl adjacent to an activating group) is 7. The number of hydrogen-bond donors (Lipinski definition) is 7. The highest BCUT2D eigenvalue weighted by atomic mass is 16.3. The van der Waals surface area contributed by atoms with E-state index in [1.54, 1.807) is 124 Å². The molecule has 29 heteroatoms. The second-order valence-electron chi connectivity index (χ2n) is 30.4. The van der Waals surface area contributed by atoms with Crippen molar-refractivity contribution in [2.45, 2.75) is 219 Å². The van der Waals surface area contributed by atoms with Crippen molar-refractivity contribution in [3.63, 3.8) is 0 Å². The fraction of sp³-hybridized carbons (Fsp3) is 0.600. The molecule has 29 nitrogen and oxygen atoms in total. The molecule has 0 aliphatic carbocycles. The highest BCUT2D eigenvalue weighted by Gasteiger charge is 2.44. The summed E-state index contributed by atoms with van der Waals surface area (Å²) in [4.78, 5) is 210. The number of aliphatic hydroxyl groups excluding tert-OH is 1. The third-order valence-electron chi connectivity index (χ3n) is 20.4. The molecule has 1 fully saturated rings. The Hall–Kier alpha value is -9.64. The predicted molar refractivity (Wildman–Crippen MR) is 413 cm³/mol. The number of nitrogens with zero attached hydrogens (tertiary/aromatic N) is 8. The standard InChI is InChI=1S/C80H122N14O15/c1-20-51(8)66(85-69(98)52(9)81)79(108)92(18)64(42-49(4)5)77(106)91(17)63(41-48(2)3)76(105)90(16)62(45-58-37-29-23-30-38-58)73(102)86-67(55(12)96)78(107)87(13)46-65(97)93(19)68(50(6)7)80(109)88(14)54(11)70(99)83-59(43-56-33-25-21-26-34-56)71(100)84-60(47-95)75(104)89(15)61(44-57-35-27-22-28-36-57)72(101)82-53(10)74(103)94-39-31-24-32-40-94/h21-23,25-30,33-38,47-55,59-64,66-68,96H,20,24,31-32,39-46,81H2,1-19H3,(H,82,101)(H,83,99)(H,84,100)(H,85,98)(H,86,102)/t51-,52-,53-,54-,55+,59-,60-,61-,62-,63-,64-,66-,67-,68-/m0/s1. The Bertz CT molecular complexity index is 3560. The lowest BCUT2D eigenvalue weighted by atomic mass is 9.94. The molecule has 1 saturated heterocycles. The first kappa shape index (κ1) is 91.7. The lowest BCUT2D eigenvalue weighted by Crippen LogP contribution is -2.62. The SMILES string of the molecule is CC[C@H](C)[C@H](NC(=O)[C@H](C)N)C(=O)N(C)[C@@H](CC(C)C)C(=O)N(C)[C@@H](CC(C)C)C(=O)N(C)[C@@H](Cc1ccccc1)C(=O)N[C@H](C(=O)N(C)CC(=O)N(C)[C@H](C(=O)N(C)[C@@H](C)C(=O)N[C@@H](Cc1ccccc1)C(=O)N[C@@H](C=O)C(=O)N(C)[C@@H](Cc1ccccc1)C(=O)N[C@@H](C)C(=O)N1CCCCC1)C(C)C)[C@@H](C)O. The van der Waals surface area contributed by atoms with Crippen molar-refractivity contribution in [2.75, 3.05) is 69.0 Å². The summed E-state index contributed by atoms with van der Waals surface area (Å²) in [5, 5.41) is 24.6. The van der Waals surface area contributed by atoms with Gasteiger partial charge in [0.25, 0.3) is 5.91 Å². The summed E-state index contributed by atoms with van der Waals surface area (Å²) in [6, 6.07) is 10.6. The number of aliphatic hydroxyl groups is 1. The summed E-state index contributed by atoms with van der Waals surface area (Å²) < 4.78 is 0. The van der Waals surface area contributed by atoms with Crippen LogP contribution in [0.2, 0.25) is 0 Å². The van der Waals surface area contributed by atoms with Crippen LogP contribution in [0.1, 0.15) is 138 Å². The topological polar surface area (TPSA) is 371 Å². The normalized spacial score (nSPS) is 16.1. The van der Waals surface area contributed by atoms with Gasteiger partial charge in [-0.1, -0.05) is 153 Å². The van der Waals surface area contributed by atoms with Crippen LogP contribution in [-0.4, -0.2) is 275 Å². The number of nitrogens with one attached hydrogen (secondary N) is 5. The Balaban J connectivity index is 1.56. The average Bonchev–Trinajstić information content (AvgIpc) is 0.814. The van der Waals surface area contributed by atoms with E-state index >= 15 is 4.79 Å². The fourth-order valence-electron chi connectivity index (χ4n) is 13.1. The number of piperidine rings is 1. The van der Waals surface area contributed by atoms with Gasteiger partial charge in [-0.15, -0.1) is 0 Å². The van der Waals surface area contributed by atoms with Crippen molar-refractivity contribution in [3.05, 3.63) is 108 Å². The molecule has 14 atom stereocenters. The number of carbonyl (C=O) groups is 14. The quantitative estimate of drug-likeness (QED) is 0.0317. The van der Waals surface area contributed by atoms with E-state index in [1.165, 1.54) is 84.8 Å². The molecule has 0 bridgehead atoms. The van der Waals surface area contributed by atoms with Crippen molar-refractivity contribution in [1.29, 1.82) is 0 Å². The lowest BCUT2D eigenvalue weighted by molar-refractivity contribution is -0.154. The number of carbonyl (C=O) groups excluding carboxylic acids is 14. The Morgan fingerprint density at radius 1 is 0.468 bits per heavy atom. The number of rotatable bonds is 40. The van der Waals surface area contributed by atoms with Gasteiger partial charge in [0.2, 0.25) is 70.9 Å². The molecule has 0 saturated carbocycles. The molecule has 109 heavy (non-hydrogen) atoms. The predicted octanol–water partition coefficient (Wildman–Crippen LogP) is 2.33. The molecule has 1 heterocycles. The Morgan fingerprint density at radius 2 is 0.899 bits per heavy atom. The Morgan fingerprint density at radius 3 is 1.33 bits per heavy atom. The number of likely N-dealkylation sites (tertiary alicyclic amines) is 1. The summed E-state index contributed by atoms with van der Waals surface area (Å²) in [7, 11) is 9.58. The second kappa shape index (κ2) is 43.5. The smallest absolute Gasteiger partial charge is 0.253 e. The van der Waals surface area contributed by atoms with E-state index in [0.717, 1.165) is 38.9 Å². The zero-order valence-corrected chi connectivity index (χ0v) is 67.4. The molecule has 0 radical (unpaired) electrons. The van der Waals surface area contributed by atoms with Crippen LogP contribution in [0.25, 0.3) is 0 Å². The highest BCUT2D eigenvalue weighted by Crippen LogP contribution is 2.24. The van der Waals surface area contributed by atoms with Crippen LogP contribution < -0.4 is 32.3 Å². The van der Waals surface area contributed by atoms with Gasteiger partial charge in [0.1, 0.15) is 60.4 Å². The molecule has 13 amide bonds. The number of hydrogen-bond acceptors (Lipinski definition) is 16. The summed E-state index contributed by atoms with van der Waals surface area (Å²) in [5.74, 6) is -10.6. The van der Waals surface area contributed by atoms with Gasteiger partial charge in [0.05, 0.1) is 18.7 Å². The number of benzene rings is 3. The number of aldehydes is 1. The maximum Gasteiger partial charge on any atom is 0.253 e. The number of nitrogens with two attached hydrogens (primary N) is 1. The summed E-state index contributed by atoms with van der Waals surface area (Å²) in [6.45, 7) is 20.6. The zero-order chi connectivity index (χ0) is 82.0. The van der Waals surface area contributed by atoms with Gasteiger partial charge in [0.15, 0.2) is 12.3 Å². The summed E-state index contributed by atoms with van der Waals surface area (Å²) in [5.41, 5.74) is 7.72. The van der Waals surface area contributed by atoms with E-state index in [-0.39, 0.29) is 62.1 Å². The van der Waals surface area contributed by atoms with E-state index in [4.69, 9.17) is 5.73 Å². The van der Waals surface area contributed by atoms with Crippen LogP contribution in [0.5, 0.6) is 0 Å². The van der Waals surface area contributed by atoms with Crippen LogP contribution in [0, 0.1) is 23.7 Å². The minimum absolute atomic E-state index is 0.0244. The first-order valence-electron chi connectivity index (χ1n) is 37.9. The van der Waals surface area contributed by atoms with Crippen molar-refractivity contribution >= 4 is 83.1 Å². The number of amides is 13. The van der Waals surface area contributed by atoms with E-state index in [2.05, 4.69) is 26.6 Å². The van der Waals surface area contributed by atoms with Gasteiger partial charge >= 0.3 is 0 Å². The third-order valence-corrected chi connectivity index (χ3v) is 20.4. The van der Waals surface area contributed by atoms with E-state index in [9.17, 15) is 67.4 Å². The van der Waals surface area contributed by atoms with Gasteiger partial charge in [-0.2, -0.15) is 0 Å². The van der Waals surface area contributed by atoms with Gasteiger partial charge in [-0.3, -0.25) is 62.3 Å². The molecule has 0 aromatic heterocycles. The lowest BCUT2D eigenvalue weighted by Gasteiger charge is -2.39. The van der Waals surface area contributed by atoms with Crippen LogP contribution >= 0.6 is 0 Å². The van der Waals surface area contributed by atoms with E-state index in [1.807, 2.05) is 34.6 Å². The molecule has 1 aliphatic heterocycles. The first-order chi connectivity index (χ1) is 51.2. The molecule has 4 rings (SSSR count).